The molecule has 0 spiro atoms. The van der Waals surface area contributed by atoms with Crippen molar-refractivity contribution in [2.24, 2.45) is 0 Å². The minimum absolute atomic E-state index is 0.00949. The quantitative estimate of drug-likeness (QED) is 0.404. The number of nitrogens with one attached hydrogen (secondary N) is 2. The second-order valence-corrected chi connectivity index (χ2v) is 8.04. The van der Waals surface area contributed by atoms with E-state index >= 15 is 0 Å². The third-order valence-corrected chi connectivity index (χ3v) is 5.51. The first-order chi connectivity index (χ1) is 13.8. The second kappa shape index (κ2) is 9.32. The normalized spacial score (nSPS) is 10.8. The van der Waals surface area contributed by atoms with Gasteiger partial charge in [-0.2, -0.15) is 0 Å². The fourth-order valence-electron chi connectivity index (χ4n) is 2.53. The van der Waals surface area contributed by atoms with Gasteiger partial charge in [0.1, 0.15) is 11.6 Å². The van der Waals surface area contributed by atoms with E-state index in [0.717, 1.165) is 28.4 Å². The molecule has 9 heteroatoms. The molecule has 29 heavy (non-hydrogen) atoms. The number of nitrogens with zero attached hydrogens (tertiary/aromatic N) is 1. The molecule has 3 aromatic rings. The van der Waals surface area contributed by atoms with Crippen LogP contribution in [0.4, 0.5) is 14.5 Å². The predicted octanol–water partition coefficient (Wildman–Crippen LogP) is 4.44. The van der Waals surface area contributed by atoms with Crippen molar-refractivity contribution in [1.82, 2.24) is 9.97 Å². The van der Waals surface area contributed by atoms with E-state index in [2.05, 4.69) is 31.2 Å². The Morgan fingerprint density at radius 3 is 2.48 bits per heavy atom. The van der Waals surface area contributed by atoms with Crippen molar-refractivity contribution in [2.75, 3.05) is 11.1 Å². The first-order valence-corrected chi connectivity index (χ1v) is 10.3. The molecule has 3 rings (SSSR count). The molecular formula is C20H16BrF2N3O2S. The highest BCUT2D eigenvalue weighted by atomic mass is 79.9. The van der Waals surface area contributed by atoms with E-state index in [0.29, 0.717) is 5.69 Å². The van der Waals surface area contributed by atoms with Gasteiger partial charge in [-0.3, -0.25) is 9.59 Å². The Hall–Kier alpha value is -2.52. The van der Waals surface area contributed by atoms with Crippen LogP contribution in [0.15, 0.2) is 56.9 Å². The molecule has 150 valence electrons. The molecule has 0 fully saturated rings. The Morgan fingerprint density at radius 1 is 1.17 bits per heavy atom. The van der Waals surface area contributed by atoms with E-state index in [9.17, 15) is 18.4 Å². The molecule has 0 aliphatic heterocycles. The summed E-state index contributed by atoms with van der Waals surface area (Å²) < 4.78 is 28.8. The van der Waals surface area contributed by atoms with Gasteiger partial charge < -0.3 is 10.3 Å². The summed E-state index contributed by atoms with van der Waals surface area (Å²) in [6.45, 7) is 1.54. The maximum atomic E-state index is 13.9. The lowest BCUT2D eigenvalue weighted by atomic mass is 10.1. The fraction of sp³-hybridized carbons (Fsp3) is 0.150. The number of thioether (sulfide) groups is 1. The number of halogens is 3. The molecule has 0 unspecified atom stereocenters. The molecular weight excluding hydrogens is 464 g/mol. The molecule has 0 bridgehead atoms. The van der Waals surface area contributed by atoms with Crippen LogP contribution in [-0.4, -0.2) is 21.6 Å². The highest BCUT2D eigenvalue weighted by Gasteiger charge is 2.15. The van der Waals surface area contributed by atoms with Gasteiger partial charge in [0.15, 0.2) is 5.16 Å². The van der Waals surface area contributed by atoms with E-state index in [1.807, 2.05) is 0 Å². The predicted molar refractivity (Wildman–Crippen MR) is 112 cm³/mol. The van der Waals surface area contributed by atoms with Gasteiger partial charge in [0, 0.05) is 27.7 Å². The number of aromatic amines is 1. The van der Waals surface area contributed by atoms with E-state index in [1.165, 1.54) is 13.0 Å². The van der Waals surface area contributed by atoms with Gasteiger partial charge in [-0.25, -0.2) is 13.8 Å². The molecule has 0 aliphatic carbocycles. The highest BCUT2D eigenvalue weighted by Crippen LogP contribution is 2.20. The van der Waals surface area contributed by atoms with Crippen molar-refractivity contribution < 1.29 is 13.6 Å². The number of benzene rings is 2. The lowest BCUT2D eigenvalue weighted by Gasteiger charge is -2.09. The van der Waals surface area contributed by atoms with E-state index in [4.69, 9.17) is 0 Å². The highest BCUT2D eigenvalue weighted by molar-refractivity contribution is 9.10. The minimum Gasteiger partial charge on any atom is -0.325 e. The molecule has 5 nitrogen and oxygen atoms in total. The summed E-state index contributed by atoms with van der Waals surface area (Å²) in [5.41, 5.74) is 0.602. The number of anilines is 1. The van der Waals surface area contributed by atoms with Crippen molar-refractivity contribution in [2.45, 2.75) is 18.5 Å². The van der Waals surface area contributed by atoms with E-state index in [-0.39, 0.29) is 40.1 Å². The average Bonchev–Trinajstić information content (AvgIpc) is 2.68. The first-order valence-electron chi connectivity index (χ1n) is 8.54. The van der Waals surface area contributed by atoms with Crippen molar-refractivity contribution in [3.8, 4) is 0 Å². The van der Waals surface area contributed by atoms with Crippen LogP contribution in [0.25, 0.3) is 0 Å². The molecule has 0 atom stereocenters. The van der Waals surface area contributed by atoms with Crippen molar-refractivity contribution in [1.29, 1.82) is 0 Å². The van der Waals surface area contributed by atoms with Crippen molar-refractivity contribution in [3.63, 3.8) is 0 Å². The van der Waals surface area contributed by atoms with Gasteiger partial charge in [-0.15, -0.1) is 0 Å². The van der Waals surface area contributed by atoms with E-state index in [1.54, 1.807) is 24.3 Å². The number of carbonyl (C=O) groups is 1. The van der Waals surface area contributed by atoms with Crippen LogP contribution >= 0.6 is 27.7 Å². The molecule has 0 aliphatic rings. The monoisotopic (exact) mass is 479 g/mol. The third kappa shape index (κ3) is 5.51. The lowest BCUT2D eigenvalue weighted by Crippen LogP contribution is -2.18. The zero-order chi connectivity index (χ0) is 21.0. The molecule has 0 radical (unpaired) electrons. The van der Waals surface area contributed by atoms with Crippen LogP contribution in [0.1, 0.15) is 16.8 Å². The Bertz CT molecular complexity index is 1080. The number of rotatable bonds is 6. The smallest absolute Gasteiger partial charge is 0.254 e. The number of carbonyl (C=O) groups excluding carboxylic acids is 1. The summed E-state index contributed by atoms with van der Waals surface area (Å²) in [6.07, 6.45) is -0.160. The van der Waals surface area contributed by atoms with Crippen molar-refractivity contribution >= 4 is 39.3 Å². The van der Waals surface area contributed by atoms with Gasteiger partial charge in [0.2, 0.25) is 5.91 Å². The zero-order valence-electron chi connectivity index (χ0n) is 15.3. The summed E-state index contributed by atoms with van der Waals surface area (Å²) in [6, 6.07) is 10.7. The molecule has 0 saturated heterocycles. The number of hydrogen-bond donors (Lipinski definition) is 2. The zero-order valence-corrected chi connectivity index (χ0v) is 17.7. The van der Waals surface area contributed by atoms with Crippen LogP contribution < -0.4 is 10.9 Å². The standard InChI is InChI=1S/C20H16BrF2N3O2S/c1-11-17(9-14-15(22)3-2-4-16(14)23)25-20(26-19(11)28)29-10-18(27)24-13-7-5-12(21)6-8-13/h2-8H,9-10H2,1H3,(H,24,27)(H,25,26,28). The summed E-state index contributed by atoms with van der Waals surface area (Å²) >= 11 is 4.35. The maximum Gasteiger partial charge on any atom is 0.254 e. The Kier molecular flexibility index (Phi) is 6.81. The molecule has 2 aromatic carbocycles. The number of hydrogen-bond acceptors (Lipinski definition) is 4. The van der Waals surface area contributed by atoms with Gasteiger partial charge in [0.25, 0.3) is 5.56 Å². The van der Waals surface area contributed by atoms with Crippen LogP contribution in [0.5, 0.6) is 0 Å². The van der Waals surface area contributed by atoms with Gasteiger partial charge in [0.05, 0.1) is 11.4 Å². The van der Waals surface area contributed by atoms with Crippen molar-refractivity contribution in [3.05, 3.63) is 85.7 Å². The van der Waals surface area contributed by atoms with Crippen LogP contribution in [-0.2, 0) is 11.2 Å². The molecule has 2 N–H and O–H groups in total. The molecule has 1 amide bonds. The van der Waals surface area contributed by atoms with Gasteiger partial charge in [-0.1, -0.05) is 33.8 Å². The van der Waals surface area contributed by atoms with E-state index < -0.39 is 17.2 Å². The molecule has 1 heterocycles. The Morgan fingerprint density at radius 2 is 1.83 bits per heavy atom. The van der Waals surface area contributed by atoms with Crippen LogP contribution in [0, 0.1) is 18.6 Å². The van der Waals surface area contributed by atoms with Crippen LogP contribution in [0.2, 0.25) is 0 Å². The Labute approximate surface area is 178 Å². The van der Waals surface area contributed by atoms with Gasteiger partial charge in [-0.05, 0) is 43.3 Å². The van der Waals surface area contributed by atoms with Crippen LogP contribution in [0.3, 0.4) is 0 Å². The number of aromatic nitrogens is 2. The maximum absolute atomic E-state index is 13.9. The topological polar surface area (TPSA) is 74.8 Å². The number of amides is 1. The summed E-state index contributed by atoms with van der Waals surface area (Å²) in [7, 11) is 0. The second-order valence-electron chi connectivity index (χ2n) is 6.16. The SMILES string of the molecule is Cc1c(Cc2c(F)cccc2F)nc(SCC(=O)Nc2ccc(Br)cc2)[nH]c1=O. The molecule has 1 aromatic heterocycles. The largest absolute Gasteiger partial charge is 0.325 e. The Balaban J connectivity index is 1.72. The molecule has 0 saturated carbocycles. The summed E-state index contributed by atoms with van der Waals surface area (Å²) in [5.74, 6) is -1.67. The first kappa shape index (κ1) is 21.2. The summed E-state index contributed by atoms with van der Waals surface area (Å²) in [4.78, 5) is 31.2. The third-order valence-electron chi connectivity index (χ3n) is 4.10. The minimum atomic E-state index is -0.699. The fourth-order valence-corrected chi connectivity index (χ4v) is 3.47. The summed E-state index contributed by atoms with van der Waals surface area (Å²) in [5, 5.41) is 2.94. The lowest BCUT2D eigenvalue weighted by molar-refractivity contribution is -0.113. The number of H-pyrrole nitrogens is 1. The average molecular weight is 480 g/mol. The van der Waals surface area contributed by atoms with Gasteiger partial charge >= 0.3 is 0 Å².